The van der Waals surface area contributed by atoms with Crippen molar-refractivity contribution in [1.29, 1.82) is 0 Å². The zero-order valence-electron chi connectivity index (χ0n) is 16.3. The predicted molar refractivity (Wildman–Crippen MR) is 127 cm³/mol. The molecule has 0 N–H and O–H groups in total. The van der Waals surface area contributed by atoms with Gasteiger partial charge in [-0.1, -0.05) is 0 Å². The summed E-state index contributed by atoms with van der Waals surface area (Å²) in [4.78, 5) is 0. The van der Waals surface area contributed by atoms with E-state index in [9.17, 15) is 0 Å². The van der Waals surface area contributed by atoms with Gasteiger partial charge in [0.25, 0.3) is 0 Å². The van der Waals surface area contributed by atoms with Crippen LogP contribution in [-0.2, 0) is 12.4 Å². The molecule has 0 aliphatic heterocycles. The first kappa shape index (κ1) is 19.6. The second-order valence-corrected chi connectivity index (χ2v) is 36.1. The Labute approximate surface area is 182 Å². The van der Waals surface area contributed by atoms with Gasteiger partial charge in [0.15, 0.2) is 0 Å². The van der Waals surface area contributed by atoms with Crippen LogP contribution in [0.4, 0.5) is 0 Å². The molecule has 145 valence electrons. The Morgan fingerprint density at radius 3 is 1.62 bits per heavy atom. The van der Waals surface area contributed by atoms with E-state index in [4.69, 9.17) is 18.6 Å². The molecule has 2 aliphatic rings. The molecule has 2 aliphatic carbocycles. The van der Waals surface area contributed by atoms with Crippen LogP contribution in [0.3, 0.4) is 0 Å². The molecule has 0 amide bonds. The molecule has 5 rings (SSSR count). The Bertz CT molecular complexity index is 1070. The SMILES string of the molecule is C[SiH](c1ccccc1)[Ti]([Cl])([Cl])([CH]1C=Cc2ccccc21)[CH]1C=Cc2ccccc21. The molecule has 0 bridgehead atoms. The van der Waals surface area contributed by atoms with E-state index in [1.807, 2.05) is 0 Å². The molecule has 0 heterocycles. The summed E-state index contributed by atoms with van der Waals surface area (Å²) in [5.41, 5.74) is 5.14. The Hall–Kier alpha value is -1.35. The first-order chi connectivity index (χ1) is 14.0. The summed E-state index contributed by atoms with van der Waals surface area (Å²) >= 11 is -4.25. The van der Waals surface area contributed by atoms with Crippen LogP contribution < -0.4 is 5.19 Å². The molecule has 3 aromatic carbocycles. The quantitative estimate of drug-likeness (QED) is 0.369. The third kappa shape index (κ3) is 2.91. The van der Waals surface area contributed by atoms with Crippen molar-refractivity contribution < 1.29 is 12.4 Å². The van der Waals surface area contributed by atoms with Crippen molar-refractivity contribution in [2.75, 3.05) is 0 Å². The van der Waals surface area contributed by atoms with E-state index in [1.165, 1.54) is 27.4 Å². The number of allylic oxidation sites excluding steroid dienone is 2. The number of hydrogen-bond donors (Lipinski definition) is 0. The van der Waals surface area contributed by atoms with Crippen LogP contribution in [0.25, 0.3) is 12.2 Å². The van der Waals surface area contributed by atoms with E-state index < -0.39 is 19.1 Å². The van der Waals surface area contributed by atoms with E-state index in [-0.39, 0.29) is 8.45 Å². The molecule has 0 radical (unpaired) electrons. The molecular formula is C25H23Cl2SiTi. The van der Waals surface area contributed by atoms with Crippen LogP contribution in [0.15, 0.2) is 91.0 Å². The second kappa shape index (κ2) is 7.11. The Morgan fingerprint density at radius 2 is 1.10 bits per heavy atom. The third-order valence-electron chi connectivity index (χ3n) is 6.91. The van der Waals surface area contributed by atoms with Gasteiger partial charge in [0.1, 0.15) is 0 Å². The van der Waals surface area contributed by atoms with Gasteiger partial charge in [-0.05, 0) is 0 Å². The van der Waals surface area contributed by atoms with Gasteiger partial charge in [0, 0.05) is 0 Å². The molecule has 3 aromatic rings. The maximum atomic E-state index is 8.06. The summed E-state index contributed by atoms with van der Waals surface area (Å²) in [6.45, 7) is 0.676. The van der Waals surface area contributed by atoms with Crippen LogP contribution in [-0.4, -0.2) is 6.66 Å². The second-order valence-electron chi connectivity index (χ2n) is 8.29. The van der Waals surface area contributed by atoms with E-state index in [0.29, 0.717) is 0 Å². The van der Waals surface area contributed by atoms with Crippen molar-refractivity contribution in [2.45, 2.75) is 15.0 Å². The average molecular weight is 470 g/mol. The van der Waals surface area contributed by atoms with Crippen molar-refractivity contribution in [1.82, 2.24) is 0 Å². The monoisotopic (exact) mass is 469 g/mol. The molecule has 3 unspecified atom stereocenters. The first-order valence-corrected chi connectivity index (χ1v) is 21.3. The fraction of sp³-hybridized carbons (Fsp3) is 0.120. The van der Waals surface area contributed by atoms with Crippen molar-refractivity contribution in [2.24, 2.45) is 0 Å². The summed E-state index contributed by atoms with van der Waals surface area (Å²) < 4.78 is 0.239. The van der Waals surface area contributed by atoms with Gasteiger partial charge in [-0.15, -0.1) is 0 Å². The summed E-state index contributed by atoms with van der Waals surface area (Å²) in [7, 11) is 16.1. The van der Waals surface area contributed by atoms with Gasteiger partial charge in [0.2, 0.25) is 0 Å². The number of rotatable bonds is 4. The topological polar surface area (TPSA) is 0 Å². The van der Waals surface area contributed by atoms with Crippen LogP contribution in [0.1, 0.15) is 30.7 Å². The summed E-state index contributed by atoms with van der Waals surface area (Å²) in [6.07, 6.45) is 9.07. The molecule has 3 atom stereocenters. The van der Waals surface area contributed by atoms with Gasteiger partial charge in [-0.25, -0.2) is 0 Å². The zero-order chi connectivity index (χ0) is 20.1. The molecule has 0 saturated carbocycles. The van der Waals surface area contributed by atoms with Gasteiger partial charge < -0.3 is 0 Å². The Kier molecular flexibility index (Phi) is 4.81. The Morgan fingerprint density at radius 1 is 0.655 bits per heavy atom. The van der Waals surface area contributed by atoms with Crippen molar-refractivity contribution >= 4 is 42.6 Å². The van der Waals surface area contributed by atoms with Gasteiger partial charge in [-0.3, -0.25) is 0 Å². The maximum absolute atomic E-state index is 8.06. The van der Waals surface area contributed by atoms with Gasteiger partial charge in [-0.2, -0.15) is 0 Å². The molecular weight excluding hydrogens is 447 g/mol. The zero-order valence-corrected chi connectivity index (χ0v) is 20.5. The minimum absolute atomic E-state index is 0.120. The summed E-state index contributed by atoms with van der Waals surface area (Å²) in [5.74, 6) is 0. The van der Waals surface area contributed by atoms with E-state index >= 15 is 0 Å². The predicted octanol–water partition coefficient (Wildman–Crippen LogP) is 6.78. The Balaban J connectivity index is 1.75. The molecule has 0 fully saturated rings. The third-order valence-corrected chi connectivity index (χ3v) is 39.5. The van der Waals surface area contributed by atoms with Gasteiger partial charge in [0.05, 0.1) is 0 Å². The van der Waals surface area contributed by atoms with Crippen LogP contribution in [0.2, 0.25) is 6.55 Å². The molecule has 0 aromatic heterocycles. The normalized spacial score (nSPS) is 22.0. The van der Waals surface area contributed by atoms with Crippen molar-refractivity contribution in [3.8, 4) is 0 Å². The fourth-order valence-electron chi connectivity index (χ4n) is 5.25. The standard InChI is InChI=1S/2C9H7.C7H9Si.2ClH.Ti/c2*1-2-5-9-7-3-6-8(9)4-1;1-8-7-5-3-2-4-6-7;;;/h2*1-7H;2-6,8H,1H3;2*1H;/q;;;;;+2/p-2. The van der Waals surface area contributed by atoms with E-state index in [2.05, 4.69) is 110 Å². The van der Waals surface area contributed by atoms with Crippen molar-refractivity contribution in [3.63, 3.8) is 0 Å². The average Bonchev–Trinajstić information content (AvgIpc) is 3.39. The van der Waals surface area contributed by atoms with Crippen LogP contribution in [0, 0.1) is 0 Å². The summed E-state index contributed by atoms with van der Waals surface area (Å²) in [5, 5.41) is 1.37. The van der Waals surface area contributed by atoms with Crippen LogP contribution in [0.5, 0.6) is 0 Å². The number of fused-ring (bicyclic) bond motifs is 2. The van der Waals surface area contributed by atoms with Crippen LogP contribution >= 0.6 is 18.6 Å². The number of benzene rings is 3. The molecule has 4 heteroatoms. The summed E-state index contributed by atoms with van der Waals surface area (Å²) in [6, 6.07) is 28.0. The minimum atomic E-state index is -4.25. The van der Waals surface area contributed by atoms with E-state index in [1.54, 1.807) is 0 Å². The first-order valence-electron chi connectivity index (χ1n) is 10.2. The molecule has 29 heavy (non-hydrogen) atoms. The molecule has 0 spiro atoms. The van der Waals surface area contributed by atoms with Crippen molar-refractivity contribution in [3.05, 3.63) is 113 Å². The molecule has 0 nitrogen and oxygen atoms in total. The van der Waals surface area contributed by atoms with E-state index in [0.717, 1.165) is 0 Å². The van der Waals surface area contributed by atoms with Gasteiger partial charge >= 0.3 is 183 Å². The molecule has 0 saturated heterocycles. The fourth-order valence-corrected chi connectivity index (χ4v) is 30.1. The number of halogens is 2. The number of hydrogen-bond acceptors (Lipinski definition) is 0.